The minimum Gasteiger partial charge on any atom is -0.383 e. The molecule has 0 amide bonds. The quantitative estimate of drug-likeness (QED) is 0.742. The fraction of sp³-hybridized carbons (Fsp3) is 0. The van der Waals surface area contributed by atoms with Gasteiger partial charge >= 0.3 is 0 Å². The zero-order valence-electron chi connectivity index (χ0n) is 8.30. The number of hydrogen-bond acceptors (Lipinski definition) is 3. The van der Waals surface area contributed by atoms with Crippen molar-refractivity contribution in [3.8, 4) is 11.4 Å². The lowest BCUT2D eigenvalue weighted by Gasteiger charge is -2.03. The molecule has 3 N–H and O–H groups in total. The molecule has 0 unspecified atom stereocenters. The first-order valence-electron chi connectivity index (χ1n) is 4.49. The van der Waals surface area contributed by atoms with E-state index in [1.54, 1.807) is 0 Å². The Hall–Kier alpha value is -2.31. The highest BCUT2D eigenvalue weighted by Crippen LogP contribution is 2.20. The van der Waals surface area contributed by atoms with Gasteiger partial charge in [-0.2, -0.15) is 0 Å². The van der Waals surface area contributed by atoms with Crippen molar-refractivity contribution in [3.05, 3.63) is 46.0 Å². The SMILES string of the molecule is Nc1cc(=O)[nH]c(-c2cc(F)c(F)c(F)c2)n1. The molecule has 0 aliphatic carbocycles. The second-order valence-electron chi connectivity index (χ2n) is 3.27. The van der Waals surface area contributed by atoms with Crippen molar-refractivity contribution < 1.29 is 13.2 Å². The summed E-state index contributed by atoms with van der Waals surface area (Å²) in [4.78, 5) is 17.0. The maximum atomic E-state index is 13.0. The Balaban J connectivity index is 2.64. The van der Waals surface area contributed by atoms with Crippen LogP contribution in [0.5, 0.6) is 0 Å². The molecular formula is C10H6F3N3O. The molecule has 2 rings (SSSR count). The van der Waals surface area contributed by atoms with Crippen LogP contribution in [0.15, 0.2) is 23.0 Å². The molecule has 17 heavy (non-hydrogen) atoms. The Morgan fingerprint density at radius 1 is 1.12 bits per heavy atom. The number of aromatic nitrogens is 2. The van der Waals surface area contributed by atoms with Crippen LogP contribution >= 0.6 is 0 Å². The number of rotatable bonds is 1. The molecular weight excluding hydrogens is 235 g/mol. The molecule has 0 bridgehead atoms. The van der Waals surface area contributed by atoms with Crippen LogP contribution in [0.2, 0.25) is 0 Å². The maximum Gasteiger partial charge on any atom is 0.253 e. The molecule has 0 aliphatic rings. The molecule has 0 spiro atoms. The molecule has 88 valence electrons. The van der Waals surface area contributed by atoms with Crippen LogP contribution in [0.1, 0.15) is 0 Å². The molecule has 0 radical (unpaired) electrons. The smallest absolute Gasteiger partial charge is 0.253 e. The summed E-state index contributed by atoms with van der Waals surface area (Å²) in [6.45, 7) is 0. The van der Waals surface area contributed by atoms with Crippen molar-refractivity contribution in [2.24, 2.45) is 0 Å². The minimum atomic E-state index is -1.58. The average Bonchev–Trinajstić information content (AvgIpc) is 2.23. The van der Waals surface area contributed by atoms with E-state index < -0.39 is 23.0 Å². The number of nitrogens with two attached hydrogens (primary N) is 1. The topological polar surface area (TPSA) is 71.8 Å². The Labute approximate surface area is 92.9 Å². The average molecular weight is 241 g/mol. The summed E-state index contributed by atoms with van der Waals surface area (Å²) in [6.07, 6.45) is 0. The van der Waals surface area contributed by atoms with Gasteiger partial charge in [0.1, 0.15) is 11.6 Å². The number of aromatic amines is 1. The summed E-state index contributed by atoms with van der Waals surface area (Å²) in [5, 5.41) is 0. The third-order valence-corrected chi connectivity index (χ3v) is 2.02. The van der Waals surface area contributed by atoms with Crippen molar-refractivity contribution in [2.75, 3.05) is 5.73 Å². The monoisotopic (exact) mass is 241 g/mol. The lowest BCUT2D eigenvalue weighted by Crippen LogP contribution is -2.10. The highest BCUT2D eigenvalue weighted by molar-refractivity contribution is 5.56. The van der Waals surface area contributed by atoms with Crippen LogP contribution in [0, 0.1) is 17.5 Å². The van der Waals surface area contributed by atoms with Gasteiger partial charge < -0.3 is 10.7 Å². The van der Waals surface area contributed by atoms with Gasteiger partial charge in [-0.25, -0.2) is 18.2 Å². The first-order valence-corrected chi connectivity index (χ1v) is 4.49. The number of anilines is 1. The highest BCUT2D eigenvalue weighted by Gasteiger charge is 2.13. The van der Waals surface area contributed by atoms with Crippen molar-refractivity contribution in [1.82, 2.24) is 9.97 Å². The fourth-order valence-corrected chi connectivity index (χ4v) is 1.31. The fourth-order valence-electron chi connectivity index (χ4n) is 1.31. The molecule has 1 aromatic carbocycles. The number of halogens is 3. The third-order valence-electron chi connectivity index (χ3n) is 2.02. The van der Waals surface area contributed by atoms with Crippen molar-refractivity contribution in [2.45, 2.75) is 0 Å². The van der Waals surface area contributed by atoms with Gasteiger partial charge in [0.05, 0.1) is 0 Å². The predicted octanol–water partition coefficient (Wildman–Crippen LogP) is 1.44. The summed E-state index contributed by atoms with van der Waals surface area (Å²) in [5.41, 5.74) is 4.63. The van der Waals surface area contributed by atoms with Gasteiger partial charge in [0.15, 0.2) is 17.5 Å². The molecule has 0 atom stereocenters. The first-order chi connectivity index (χ1) is 7.97. The lowest BCUT2D eigenvalue weighted by atomic mass is 10.2. The zero-order valence-corrected chi connectivity index (χ0v) is 8.30. The lowest BCUT2D eigenvalue weighted by molar-refractivity contribution is 0.447. The van der Waals surface area contributed by atoms with Gasteiger partial charge in [-0.15, -0.1) is 0 Å². The van der Waals surface area contributed by atoms with Gasteiger partial charge in [0.2, 0.25) is 0 Å². The minimum absolute atomic E-state index is 0.103. The van der Waals surface area contributed by atoms with Gasteiger partial charge in [-0.3, -0.25) is 4.79 Å². The van der Waals surface area contributed by atoms with E-state index in [-0.39, 0.29) is 17.2 Å². The molecule has 1 heterocycles. The Bertz CT molecular complexity index is 616. The Morgan fingerprint density at radius 2 is 1.71 bits per heavy atom. The highest BCUT2D eigenvalue weighted by atomic mass is 19.2. The second-order valence-corrected chi connectivity index (χ2v) is 3.27. The Morgan fingerprint density at radius 3 is 2.24 bits per heavy atom. The van der Waals surface area contributed by atoms with Crippen molar-refractivity contribution >= 4 is 5.82 Å². The van der Waals surface area contributed by atoms with Gasteiger partial charge in [-0.05, 0) is 12.1 Å². The molecule has 4 nitrogen and oxygen atoms in total. The van der Waals surface area contributed by atoms with E-state index in [9.17, 15) is 18.0 Å². The Kier molecular flexibility index (Phi) is 2.58. The number of nitrogen functional groups attached to an aromatic ring is 1. The van der Waals surface area contributed by atoms with Crippen LogP contribution < -0.4 is 11.3 Å². The number of hydrogen-bond donors (Lipinski definition) is 2. The van der Waals surface area contributed by atoms with Gasteiger partial charge in [-0.1, -0.05) is 0 Å². The third kappa shape index (κ3) is 2.12. The van der Waals surface area contributed by atoms with E-state index in [0.717, 1.165) is 18.2 Å². The van der Waals surface area contributed by atoms with E-state index in [1.165, 1.54) is 0 Å². The van der Waals surface area contributed by atoms with Crippen LogP contribution in [0.3, 0.4) is 0 Å². The molecule has 0 saturated carbocycles. The summed E-state index contributed by atoms with van der Waals surface area (Å²) in [7, 11) is 0. The summed E-state index contributed by atoms with van der Waals surface area (Å²) in [5.74, 6) is -4.56. The van der Waals surface area contributed by atoms with Crippen LogP contribution in [-0.2, 0) is 0 Å². The largest absolute Gasteiger partial charge is 0.383 e. The number of nitrogens with zero attached hydrogens (tertiary/aromatic N) is 1. The number of benzene rings is 1. The molecule has 2 aromatic rings. The van der Waals surface area contributed by atoms with Crippen molar-refractivity contribution in [1.29, 1.82) is 0 Å². The van der Waals surface area contributed by atoms with Crippen LogP contribution in [0.25, 0.3) is 11.4 Å². The second kappa shape index (κ2) is 3.93. The van der Waals surface area contributed by atoms with E-state index in [0.29, 0.717) is 0 Å². The summed E-state index contributed by atoms with van der Waals surface area (Å²) >= 11 is 0. The van der Waals surface area contributed by atoms with Gasteiger partial charge in [0.25, 0.3) is 5.56 Å². The summed E-state index contributed by atoms with van der Waals surface area (Å²) in [6, 6.07) is 2.45. The first kappa shape index (κ1) is 11.2. The zero-order chi connectivity index (χ0) is 12.6. The molecule has 7 heteroatoms. The van der Waals surface area contributed by atoms with Gasteiger partial charge in [0, 0.05) is 11.6 Å². The van der Waals surface area contributed by atoms with E-state index in [4.69, 9.17) is 5.73 Å². The summed E-state index contributed by atoms with van der Waals surface area (Å²) < 4.78 is 38.6. The van der Waals surface area contributed by atoms with E-state index in [1.807, 2.05) is 0 Å². The van der Waals surface area contributed by atoms with Crippen LogP contribution in [0.4, 0.5) is 19.0 Å². The molecule has 0 saturated heterocycles. The number of nitrogens with one attached hydrogen (secondary N) is 1. The van der Waals surface area contributed by atoms with E-state index >= 15 is 0 Å². The maximum absolute atomic E-state index is 13.0. The molecule has 0 aliphatic heterocycles. The van der Waals surface area contributed by atoms with Crippen LogP contribution in [-0.4, -0.2) is 9.97 Å². The standard InChI is InChI=1S/C10H6F3N3O/c11-5-1-4(2-6(12)9(5)13)10-15-7(14)3-8(17)16-10/h1-3H,(H3,14,15,16,17). The van der Waals surface area contributed by atoms with Crippen molar-refractivity contribution in [3.63, 3.8) is 0 Å². The van der Waals surface area contributed by atoms with E-state index in [2.05, 4.69) is 9.97 Å². The molecule has 0 fully saturated rings. The molecule has 1 aromatic heterocycles. The normalized spacial score (nSPS) is 10.5. The predicted molar refractivity (Wildman–Crippen MR) is 54.6 cm³/mol. The number of H-pyrrole nitrogens is 1.